The van der Waals surface area contributed by atoms with Gasteiger partial charge in [0.05, 0.1) is 24.9 Å². The lowest BCUT2D eigenvalue weighted by Crippen LogP contribution is -2.28. The van der Waals surface area contributed by atoms with Crippen LogP contribution in [0.5, 0.6) is 0 Å². The molecule has 0 bridgehead atoms. The van der Waals surface area contributed by atoms with Crippen LogP contribution in [0.3, 0.4) is 0 Å². The van der Waals surface area contributed by atoms with Crippen molar-refractivity contribution in [3.05, 3.63) is 12.2 Å². The molecule has 0 aromatic rings. The number of aliphatic hydroxyl groups is 4. The average Bonchev–Trinajstić information content (AvgIpc) is 3.42. The molecule has 9 nitrogen and oxygen atoms in total. The van der Waals surface area contributed by atoms with Crippen molar-refractivity contribution in [2.24, 2.45) is 11.8 Å². The molecule has 0 aliphatic heterocycles. The topological polar surface area (TPSA) is 151 Å². The molecule has 0 radical (unpaired) electrons. The minimum Gasteiger partial charge on any atom is -0.462 e. The summed E-state index contributed by atoms with van der Waals surface area (Å²) >= 11 is 0. The Labute approximate surface area is 329 Å². The van der Waals surface area contributed by atoms with E-state index in [1.807, 2.05) is 0 Å². The lowest BCUT2D eigenvalue weighted by atomic mass is 9.87. The lowest BCUT2D eigenvalue weighted by Gasteiger charge is -2.20. The third-order valence-corrected chi connectivity index (χ3v) is 11.0. The molecule has 1 rings (SSSR count). The monoisotopic (exact) mass is 767 g/mol. The van der Waals surface area contributed by atoms with Gasteiger partial charge in [-0.3, -0.25) is 14.4 Å². The van der Waals surface area contributed by atoms with Crippen molar-refractivity contribution in [3.63, 3.8) is 0 Å². The molecule has 0 amide bonds. The van der Waals surface area contributed by atoms with Crippen LogP contribution in [0.4, 0.5) is 0 Å². The summed E-state index contributed by atoms with van der Waals surface area (Å²) in [5, 5.41) is 40.8. The molecule has 4 N–H and O–H groups in total. The molecule has 0 aromatic heterocycles. The van der Waals surface area contributed by atoms with Crippen LogP contribution in [-0.2, 0) is 23.9 Å². The molecule has 0 spiro atoms. The lowest BCUT2D eigenvalue weighted by molar-refractivity contribution is -0.161. The first-order valence-electron chi connectivity index (χ1n) is 22.4. The van der Waals surface area contributed by atoms with Crippen LogP contribution in [-0.4, -0.2) is 75.8 Å². The quantitative estimate of drug-likeness (QED) is 0.0275. The fraction of sp³-hybridized carbons (Fsp3) is 0.889. The van der Waals surface area contributed by atoms with E-state index in [-0.39, 0.29) is 44.0 Å². The number of rotatable bonds is 37. The predicted octanol–water partition coefficient (Wildman–Crippen LogP) is 9.63. The molecule has 1 saturated carbocycles. The van der Waals surface area contributed by atoms with Crippen molar-refractivity contribution in [3.8, 4) is 0 Å². The molecule has 0 unspecified atom stereocenters. The highest BCUT2D eigenvalue weighted by molar-refractivity contribution is 5.79. The highest BCUT2D eigenvalue weighted by Crippen LogP contribution is 2.36. The van der Waals surface area contributed by atoms with E-state index in [0.717, 1.165) is 38.5 Å². The second-order valence-electron chi connectivity index (χ2n) is 16.1. The first-order valence-corrected chi connectivity index (χ1v) is 22.4. The van der Waals surface area contributed by atoms with Gasteiger partial charge in [0.1, 0.15) is 12.4 Å². The fourth-order valence-electron chi connectivity index (χ4n) is 7.55. The van der Waals surface area contributed by atoms with Gasteiger partial charge in [0.25, 0.3) is 0 Å². The minimum atomic E-state index is -0.918. The number of carbonyl (C=O) groups is 3. The molecule has 0 heterocycles. The van der Waals surface area contributed by atoms with E-state index in [1.54, 1.807) is 12.2 Å². The second-order valence-corrected chi connectivity index (χ2v) is 16.1. The Morgan fingerprint density at radius 3 is 1.63 bits per heavy atom. The molecule has 1 aliphatic rings. The first kappa shape index (κ1) is 50.2. The maximum atomic E-state index is 12.7. The Morgan fingerprint density at radius 1 is 0.630 bits per heavy atom. The summed E-state index contributed by atoms with van der Waals surface area (Å²) in [6, 6.07) is 0. The van der Waals surface area contributed by atoms with Gasteiger partial charge in [0.15, 0.2) is 6.10 Å². The van der Waals surface area contributed by atoms with Gasteiger partial charge in [0, 0.05) is 43.9 Å². The standard InChI is InChI=1S/C45H82O9/c1-3-5-7-8-9-10-11-12-13-14-15-16-17-18-19-20-21-22-24-29-44(51)53-36-39(35-46)54-45(52)30-26-25-28-38(48)33-41-40(42(49)34-43(41)50)32-31-37(47)27-23-6-4-2/h31-32,37,39-43,46-47,49-50H,3-30,33-36H2,1-2H3/b32-31+/t37-,39-,40+,41+,42+,43-/m0/s1. The molecule has 1 aliphatic carbocycles. The number of unbranched alkanes of at least 4 members (excludes halogenated alkanes) is 21. The zero-order valence-corrected chi connectivity index (χ0v) is 34.6. The number of Topliss-reactive ketones (excluding diaryl/α,β-unsaturated/α-hetero) is 1. The van der Waals surface area contributed by atoms with E-state index in [4.69, 9.17) is 9.47 Å². The Morgan fingerprint density at radius 2 is 1.09 bits per heavy atom. The van der Waals surface area contributed by atoms with Crippen molar-refractivity contribution < 1.29 is 44.3 Å². The highest BCUT2D eigenvalue weighted by atomic mass is 16.6. The van der Waals surface area contributed by atoms with Gasteiger partial charge in [-0.25, -0.2) is 0 Å². The Kier molecular flexibility index (Phi) is 32.0. The van der Waals surface area contributed by atoms with Gasteiger partial charge in [0.2, 0.25) is 0 Å². The minimum absolute atomic E-state index is 0.0476. The number of esters is 2. The van der Waals surface area contributed by atoms with Gasteiger partial charge < -0.3 is 29.9 Å². The van der Waals surface area contributed by atoms with E-state index in [2.05, 4.69) is 13.8 Å². The van der Waals surface area contributed by atoms with Crippen LogP contribution in [0, 0.1) is 11.8 Å². The van der Waals surface area contributed by atoms with Crippen molar-refractivity contribution >= 4 is 17.7 Å². The van der Waals surface area contributed by atoms with Crippen LogP contribution in [0.25, 0.3) is 0 Å². The third kappa shape index (κ3) is 26.9. The van der Waals surface area contributed by atoms with Crippen LogP contribution in [0.2, 0.25) is 0 Å². The molecule has 54 heavy (non-hydrogen) atoms. The summed E-state index contributed by atoms with van der Waals surface area (Å²) in [4.78, 5) is 37.2. The molecule has 316 valence electrons. The van der Waals surface area contributed by atoms with Crippen LogP contribution in [0.1, 0.15) is 206 Å². The number of hydrogen-bond acceptors (Lipinski definition) is 9. The fourth-order valence-corrected chi connectivity index (χ4v) is 7.55. The highest BCUT2D eigenvalue weighted by Gasteiger charge is 2.41. The number of hydrogen-bond donors (Lipinski definition) is 4. The van der Waals surface area contributed by atoms with E-state index in [9.17, 15) is 34.8 Å². The molecular weight excluding hydrogens is 684 g/mol. The van der Waals surface area contributed by atoms with Crippen molar-refractivity contribution in [2.45, 2.75) is 231 Å². The van der Waals surface area contributed by atoms with Crippen molar-refractivity contribution in [1.82, 2.24) is 0 Å². The first-order chi connectivity index (χ1) is 26.2. The van der Waals surface area contributed by atoms with E-state index in [1.165, 1.54) is 103 Å². The molecule has 6 atom stereocenters. The summed E-state index contributed by atoms with van der Waals surface area (Å²) in [6.07, 6.45) is 30.5. The third-order valence-electron chi connectivity index (χ3n) is 11.0. The largest absolute Gasteiger partial charge is 0.462 e. The maximum Gasteiger partial charge on any atom is 0.306 e. The molecular formula is C45H82O9. The average molecular weight is 767 g/mol. The SMILES string of the molecule is CCCCCCCCCCCCCCCCCCCCCC(=O)OC[C@H](CO)OC(=O)CCCCC(=O)C[C@@H]1[C@@H](/C=C/[C@@H](O)CCCCC)[C@H](O)C[C@@H]1O. The zero-order chi connectivity index (χ0) is 39.7. The van der Waals surface area contributed by atoms with Crippen molar-refractivity contribution in [2.75, 3.05) is 13.2 Å². The molecule has 9 heteroatoms. The second kappa shape index (κ2) is 34.4. The summed E-state index contributed by atoms with van der Waals surface area (Å²) in [7, 11) is 0. The number of ether oxygens (including phenoxy) is 2. The van der Waals surface area contributed by atoms with E-state index in [0.29, 0.717) is 25.7 Å². The number of ketones is 1. The van der Waals surface area contributed by atoms with Crippen LogP contribution in [0.15, 0.2) is 12.2 Å². The maximum absolute atomic E-state index is 12.7. The van der Waals surface area contributed by atoms with Gasteiger partial charge in [-0.05, 0) is 25.7 Å². The smallest absolute Gasteiger partial charge is 0.306 e. The summed E-state index contributed by atoms with van der Waals surface area (Å²) in [5.41, 5.74) is 0. The molecule has 0 saturated heterocycles. The van der Waals surface area contributed by atoms with Crippen molar-refractivity contribution in [1.29, 1.82) is 0 Å². The summed E-state index contributed by atoms with van der Waals surface area (Å²) < 4.78 is 10.5. The van der Waals surface area contributed by atoms with Crippen LogP contribution >= 0.6 is 0 Å². The molecule has 0 aromatic carbocycles. The number of aliphatic hydroxyl groups excluding tert-OH is 4. The Bertz CT molecular complexity index is 953. The van der Waals surface area contributed by atoms with Crippen LogP contribution < -0.4 is 0 Å². The Balaban J connectivity index is 2.06. The van der Waals surface area contributed by atoms with Gasteiger partial charge in [-0.15, -0.1) is 0 Å². The summed E-state index contributed by atoms with van der Waals surface area (Å²) in [6.45, 7) is 3.74. The van der Waals surface area contributed by atoms with E-state index >= 15 is 0 Å². The predicted molar refractivity (Wildman–Crippen MR) is 217 cm³/mol. The Hall–Kier alpha value is -1.81. The normalized spacial score (nSPS) is 19.7. The summed E-state index contributed by atoms with van der Waals surface area (Å²) in [5.74, 6) is -1.72. The van der Waals surface area contributed by atoms with Gasteiger partial charge in [-0.2, -0.15) is 0 Å². The zero-order valence-electron chi connectivity index (χ0n) is 34.6. The molecule has 1 fully saturated rings. The van der Waals surface area contributed by atoms with E-state index < -0.39 is 48.8 Å². The van der Waals surface area contributed by atoms with Gasteiger partial charge >= 0.3 is 11.9 Å². The number of carbonyl (C=O) groups excluding carboxylic acids is 3. The van der Waals surface area contributed by atoms with Gasteiger partial charge in [-0.1, -0.05) is 161 Å².